The smallest absolute Gasteiger partial charge is 0.317 e. The number of aliphatic carboxylic acids is 1. The van der Waals surface area contributed by atoms with E-state index in [0.717, 1.165) is 12.1 Å². The van der Waals surface area contributed by atoms with Crippen LogP contribution in [0.25, 0.3) is 0 Å². The van der Waals surface area contributed by atoms with Crippen LogP contribution >= 0.6 is 0 Å². The molecule has 1 unspecified atom stereocenters. The lowest BCUT2D eigenvalue weighted by Crippen LogP contribution is -2.41. The van der Waals surface area contributed by atoms with Gasteiger partial charge >= 0.3 is 12.0 Å². The third-order valence-electron chi connectivity index (χ3n) is 3.91. The van der Waals surface area contributed by atoms with E-state index in [9.17, 15) is 14.7 Å². The van der Waals surface area contributed by atoms with Gasteiger partial charge in [-0.3, -0.25) is 4.79 Å². The van der Waals surface area contributed by atoms with Gasteiger partial charge in [0.2, 0.25) is 0 Å². The van der Waals surface area contributed by atoms with Crippen molar-refractivity contribution in [2.75, 3.05) is 13.1 Å². The lowest BCUT2D eigenvalue weighted by Gasteiger charge is -2.24. The van der Waals surface area contributed by atoms with Crippen molar-refractivity contribution in [1.29, 1.82) is 0 Å². The lowest BCUT2D eigenvalue weighted by molar-refractivity contribution is -0.148. The highest BCUT2D eigenvalue weighted by molar-refractivity contribution is 5.79. The summed E-state index contributed by atoms with van der Waals surface area (Å²) in [7, 11) is 0. The molecule has 0 radical (unpaired) electrons. The summed E-state index contributed by atoms with van der Waals surface area (Å²) < 4.78 is 5.02. The van der Waals surface area contributed by atoms with Crippen LogP contribution in [0.1, 0.15) is 37.6 Å². The predicted octanol–water partition coefficient (Wildman–Crippen LogP) is 1.77. The number of urea groups is 1. The highest BCUT2D eigenvalue weighted by Gasteiger charge is 2.45. The number of nitrogens with zero attached hydrogens (tertiary/aromatic N) is 2. The summed E-state index contributed by atoms with van der Waals surface area (Å²) >= 11 is 0. The van der Waals surface area contributed by atoms with Crippen LogP contribution < -0.4 is 5.32 Å². The topological polar surface area (TPSA) is 95.7 Å². The first-order valence-corrected chi connectivity index (χ1v) is 7.15. The van der Waals surface area contributed by atoms with Crippen LogP contribution in [0.5, 0.6) is 0 Å². The Kier molecular flexibility index (Phi) is 4.50. The molecule has 1 aliphatic rings. The summed E-state index contributed by atoms with van der Waals surface area (Å²) in [4.78, 5) is 25.1. The summed E-state index contributed by atoms with van der Waals surface area (Å²) in [6.07, 6.45) is 1.89. The van der Waals surface area contributed by atoms with E-state index in [4.69, 9.17) is 4.52 Å². The number of amides is 2. The fourth-order valence-electron chi connectivity index (χ4n) is 2.78. The first kappa shape index (κ1) is 15.3. The zero-order valence-electron chi connectivity index (χ0n) is 12.4. The Hall–Kier alpha value is -2.05. The van der Waals surface area contributed by atoms with Crippen LogP contribution in [-0.2, 0) is 11.3 Å². The number of carbonyl (C=O) groups is 2. The molecule has 0 bridgehead atoms. The van der Waals surface area contributed by atoms with Gasteiger partial charge in [-0.1, -0.05) is 18.5 Å². The van der Waals surface area contributed by atoms with Crippen molar-refractivity contribution in [3.05, 3.63) is 17.5 Å². The number of hydrogen-bond acceptors (Lipinski definition) is 4. The standard InChI is InChI=1S/C14H21N3O4/c1-3-4-14(12(18)19)5-6-17(9-14)13(20)15-8-11-7-10(2)16-21-11/h7H,3-6,8-9H2,1-2H3,(H,15,20)(H,18,19). The molecule has 2 amide bonds. The number of aromatic nitrogens is 1. The number of nitrogens with one attached hydrogen (secondary N) is 1. The lowest BCUT2D eigenvalue weighted by atomic mass is 9.83. The maximum atomic E-state index is 12.1. The number of hydrogen-bond donors (Lipinski definition) is 2. The summed E-state index contributed by atoms with van der Waals surface area (Å²) in [6.45, 7) is 4.75. The monoisotopic (exact) mass is 295 g/mol. The summed E-state index contributed by atoms with van der Waals surface area (Å²) in [5.74, 6) is -0.233. The van der Waals surface area contributed by atoms with Gasteiger partial charge in [-0.15, -0.1) is 0 Å². The van der Waals surface area contributed by atoms with Crippen molar-refractivity contribution in [1.82, 2.24) is 15.4 Å². The van der Waals surface area contributed by atoms with Gasteiger partial charge in [-0.05, 0) is 19.8 Å². The van der Waals surface area contributed by atoms with Crippen LogP contribution in [0.4, 0.5) is 4.79 Å². The van der Waals surface area contributed by atoms with E-state index < -0.39 is 11.4 Å². The number of carbonyl (C=O) groups excluding carboxylic acids is 1. The van der Waals surface area contributed by atoms with E-state index in [1.54, 1.807) is 17.9 Å². The molecule has 1 fully saturated rings. The molecule has 0 aliphatic carbocycles. The highest BCUT2D eigenvalue weighted by Crippen LogP contribution is 2.35. The minimum atomic E-state index is -0.814. The van der Waals surface area contributed by atoms with Gasteiger partial charge in [-0.25, -0.2) is 4.79 Å². The Morgan fingerprint density at radius 1 is 1.57 bits per heavy atom. The normalized spacial score (nSPS) is 21.5. The van der Waals surface area contributed by atoms with Crippen LogP contribution in [0.3, 0.4) is 0 Å². The number of carboxylic acids is 1. The molecule has 7 nitrogen and oxygen atoms in total. The van der Waals surface area contributed by atoms with Crippen molar-refractivity contribution in [2.24, 2.45) is 5.41 Å². The van der Waals surface area contributed by atoms with E-state index >= 15 is 0 Å². The molecule has 21 heavy (non-hydrogen) atoms. The molecule has 0 spiro atoms. The number of aryl methyl sites for hydroxylation is 1. The first-order chi connectivity index (χ1) is 9.97. The molecule has 1 atom stereocenters. The van der Waals surface area contributed by atoms with Crippen LogP contribution in [-0.4, -0.2) is 40.3 Å². The quantitative estimate of drug-likeness (QED) is 0.863. The third-order valence-corrected chi connectivity index (χ3v) is 3.91. The molecular formula is C14H21N3O4. The van der Waals surface area contributed by atoms with Crippen LogP contribution in [0.15, 0.2) is 10.6 Å². The molecule has 1 aromatic heterocycles. The van der Waals surface area contributed by atoms with E-state index in [0.29, 0.717) is 25.1 Å². The molecule has 1 aromatic rings. The molecule has 2 N–H and O–H groups in total. The molecule has 2 heterocycles. The number of rotatable bonds is 5. The van der Waals surface area contributed by atoms with Gasteiger partial charge in [0, 0.05) is 19.2 Å². The van der Waals surface area contributed by atoms with Gasteiger partial charge in [0.05, 0.1) is 17.7 Å². The van der Waals surface area contributed by atoms with E-state index in [2.05, 4.69) is 10.5 Å². The minimum absolute atomic E-state index is 0.254. The maximum absolute atomic E-state index is 12.1. The average Bonchev–Trinajstić information content (AvgIpc) is 3.04. The van der Waals surface area contributed by atoms with Gasteiger partial charge < -0.3 is 19.8 Å². The van der Waals surface area contributed by atoms with Crippen molar-refractivity contribution in [3.8, 4) is 0 Å². The Bertz CT molecular complexity index is 528. The van der Waals surface area contributed by atoms with Crippen molar-refractivity contribution >= 4 is 12.0 Å². The SMILES string of the molecule is CCCC1(C(=O)O)CCN(C(=O)NCc2cc(C)no2)C1. The van der Waals surface area contributed by atoms with E-state index in [-0.39, 0.29) is 19.1 Å². The Balaban J connectivity index is 1.91. The molecule has 7 heteroatoms. The predicted molar refractivity (Wildman–Crippen MR) is 74.6 cm³/mol. The Morgan fingerprint density at radius 2 is 2.33 bits per heavy atom. The maximum Gasteiger partial charge on any atom is 0.317 e. The zero-order valence-corrected chi connectivity index (χ0v) is 12.4. The first-order valence-electron chi connectivity index (χ1n) is 7.15. The number of likely N-dealkylation sites (tertiary alicyclic amines) is 1. The van der Waals surface area contributed by atoms with E-state index in [1.165, 1.54) is 0 Å². The van der Waals surface area contributed by atoms with Crippen molar-refractivity contribution in [2.45, 2.75) is 39.7 Å². The second-order valence-electron chi connectivity index (χ2n) is 5.60. The Morgan fingerprint density at radius 3 is 2.90 bits per heavy atom. The molecule has 0 aromatic carbocycles. The van der Waals surface area contributed by atoms with Crippen LogP contribution in [0.2, 0.25) is 0 Å². The molecule has 1 saturated heterocycles. The third kappa shape index (κ3) is 3.34. The van der Waals surface area contributed by atoms with Crippen molar-refractivity contribution < 1.29 is 19.2 Å². The fourth-order valence-corrected chi connectivity index (χ4v) is 2.78. The fraction of sp³-hybridized carbons (Fsp3) is 0.643. The second-order valence-corrected chi connectivity index (χ2v) is 5.60. The van der Waals surface area contributed by atoms with Gasteiger partial charge in [0.25, 0.3) is 0 Å². The van der Waals surface area contributed by atoms with Gasteiger partial charge in [0.1, 0.15) is 0 Å². The Labute approximate surface area is 123 Å². The van der Waals surface area contributed by atoms with Gasteiger partial charge in [0.15, 0.2) is 5.76 Å². The van der Waals surface area contributed by atoms with Crippen LogP contribution in [0, 0.1) is 12.3 Å². The summed E-state index contributed by atoms with van der Waals surface area (Å²) in [5.41, 5.74) is -0.0391. The zero-order chi connectivity index (χ0) is 15.5. The molecule has 0 saturated carbocycles. The summed E-state index contributed by atoms with van der Waals surface area (Å²) in [5, 5.41) is 15.9. The molecule has 116 valence electrons. The minimum Gasteiger partial charge on any atom is -0.481 e. The molecule has 2 rings (SSSR count). The summed E-state index contributed by atoms with van der Waals surface area (Å²) in [6, 6.07) is 1.49. The average molecular weight is 295 g/mol. The second kappa shape index (κ2) is 6.15. The number of carboxylic acid groups (broad SMARTS) is 1. The highest BCUT2D eigenvalue weighted by atomic mass is 16.5. The van der Waals surface area contributed by atoms with Gasteiger partial charge in [-0.2, -0.15) is 0 Å². The van der Waals surface area contributed by atoms with Crippen molar-refractivity contribution in [3.63, 3.8) is 0 Å². The molecular weight excluding hydrogens is 274 g/mol. The largest absolute Gasteiger partial charge is 0.481 e. The molecule has 1 aliphatic heterocycles. The van der Waals surface area contributed by atoms with E-state index in [1.807, 2.05) is 6.92 Å².